The Hall–Kier alpha value is -1.45. The molecule has 1 heterocycles. The van der Waals surface area contributed by atoms with Crippen molar-refractivity contribution in [2.45, 2.75) is 44.3 Å². The number of aliphatic hydroxyl groups excluding tert-OH is 1. The summed E-state index contributed by atoms with van der Waals surface area (Å²) >= 11 is 0. The highest BCUT2D eigenvalue weighted by atomic mass is 16.5. The van der Waals surface area contributed by atoms with E-state index in [1.165, 1.54) is 5.69 Å². The largest absolute Gasteiger partial charge is 0.392 e. The van der Waals surface area contributed by atoms with E-state index in [0.717, 1.165) is 42.1 Å². The fourth-order valence-corrected chi connectivity index (χ4v) is 3.11. The van der Waals surface area contributed by atoms with Crippen LogP contribution in [0.15, 0.2) is 30.3 Å². The van der Waals surface area contributed by atoms with E-state index in [2.05, 4.69) is 12.1 Å². The van der Waals surface area contributed by atoms with E-state index in [9.17, 15) is 5.11 Å². The van der Waals surface area contributed by atoms with E-state index in [-0.39, 0.29) is 6.61 Å². The van der Waals surface area contributed by atoms with Crippen LogP contribution in [0.5, 0.6) is 0 Å². The topological polar surface area (TPSA) is 42.4 Å². The zero-order valence-corrected chi connectivity index (χ0v) is 11.9. The molecule has 1 N–H and O–H groups in total. The van der Waals surface area contributed by atoms with Gasteiger partial charge in [-0.25, -0.2) is 0 Å². The fraction of sp³-hybridized carbons (Fsp3) is 0.471. The zero-order chi connectivity index (χ0) is 13.9. The number of hydrogen-bond acceptors (Lipinski definition) is 3. The summed E-state index contributed by atoms with van der Waals surface area (Å²) in [5.41, 5.74) is 3.16. The molecule has 0 unspecified atom stereocenters. The Balaban J connectivity index is 1.82. The number of ether oxygens (including phenoxy) is 1. The van der Waals surface area contributed by atoms with E-state index in [1.54, 1.807) is 7.11 Å². The van der Waals surface area contributed by atoms with E-state index in [0.29, 0.717) is 12.0 Å². The van der Waals surface area contributed by atoms with Crippen LogP contribution in [0.4, 0.5) is 0 Å². The van der Waals surface area contributed by atoms with Gasteiger partial charge in [-0.05, 0) is 49.4 Å². The molecule has 1 fully saturated rings. The molecule has 0 aliphatic heterocycles. The van der Waals surface area contributed by atoms with Crippen LogP contribution >= 0.6 is 0 Å². The van der Waals surface area contributed by atoms with Gasteiger partial charge in [-0.3, -0.25) is 4.98 Å². The molecule has 0 spiro atoms. The lowest BCUT2D eigenvalue weighted by atomic mass is 9.85. The Bertz CT molecular complexity index is 589. The van der Waals surface area contributed by atoms with Gasteiger partial charge in [-0.2, -0.15) is 0 Å². The highest BCUT2D eigenvalue weighted by Crippen LogP contribution is 2.33. The second-order valence-electron chi connectivity index (χ2n) is 5.63. The van der Waals surface area contributed by atoms with Crippen LogP contribution in [-0.2, 0) is 11.3 Å². The minimum absolute atomic E-state index is 0.0821. The molecule has 3 rings (SSSR count). The maximum absolute atomic E-state index is 9.17. The average Bonchev–Trinajstić information content (AvgIpc) is 2.54. The summed E-state index contributed by atoms with van der Waals surface area (Å²) in [4.78, 5) is 4.80. The smallest absolute Gasteiger partial charge is 0.0705 e. The van der Waals surface area contributed by atoms with Crippen molar-refractivity contribution in [1.29, 1.82) is 0 Å². The van der Waals surface area contributed by atoms with Crippen LogP contribution in [0.2, 0.25) is 0 Å². The molecule has 1 aliphatic rings. The number of aromatic nitrogens is 1. The van der Waals surface area contributed by atoms with Crippen molar-refractivity contribution in [1.82, 2.24) is 4.98 Å². The van der Waals surface area contributed by atoms with Gasteiger partial charge in [0.05, 0.1) is 18.2 Å². The van der Waals surface area contributed by atoms with Crippen LogP contribution < -0.4 is 0 Å². The minimum atomic E-state index is 0.0821. The Morgan fingerprint density at radius 2 is 1.95 bits per heavy atom. The number of benzene rings is 1. The van der Waals surface area contributed by atoms with Crippen molar-refractivity contribution < 1.29 is 9.84 Å². The number of pyridine rings is 1. The fourth-order valence-electron chi connectivity index (χ4n) is 3.11. The van der Waals surface area contributed by atoms with Gasteiger partial charge in [0.1, 0.15) is 0 Å². The van der Waals surface area contributed by atoms with Gasteiger partial charge in [0.25, 0.3) is 0 Å². The van der Waals surface area contributed by atoms with Gasteiger partial charge in [-0.15, -0.1) is 0 Å². The Morgan fingerprint density at radius 3 is 2.65 bits per heavy atom. The first-order valence-corrected chi connectivity index (χ1v) is 7.33. The number of nitrogens with zero attached hydrogens (tertiary/aromatic N) is 1. The van der Waals surface area contributed by atoms with Crippen molar-refractivity contribution >= 4 is 10.9 Å². The molecule has 3 heteroatoms. The van der Waals surface area contributed by atoms with Crippen LogP contribution in [0.3, 0.4) is 0 Å². The van der Waals surface area contributed by atoms with Gasteiger partial charge in [-0.1, -0.05) is 12.1 Å². The molecule has 3 nitrogen and oxygen atoms in total. The summed E-state index contributed by atoms with van der Waals surface area (Å²) in [6.45, 7) is 0.0821. The highest BCUT2D eigenvalue weighted by Gasteiger charge is 2.23. The third kappa shape index (κ3) is 2.69. The Kier molecular flexibility index (Phi) is 3.99. The van der Waals surface area contributed by atoms with Gasteiger partial charge >= 0.3 is 0 Å². The van der Waals surface area contributed by atoms with Crippen molar-refractivity contribution in [3.05, 3.63) is 41.6 Å². The predicted octanol–water partition coefficient (Wildman–Crippen LogP) is 3.40. The van der Waals surface area contributed by atoms with E-state index in [4.69, 9.17) is 9.72 Å². The monoisotopic (exact) mass is 271 g/mol. The lowest BCUT2D eigenvalue weighted by molar-refractivity contribution is 0.0655. The van der Waals surface area contributed by atoms with E-state index in [1.807, 2.05) is 18.2 Å². The highest BCUT2D eigenvalue weighted by molar-refractivity contribution is 5.79. The molecule has 0 radical (unpaired) electrons. The summed E-state index contributed by atoms with van der Waals surface area (Å²) in [5, 5.41) is 10.3. The van der Waals surface area contributed by atoms with E-state index < -0.39 is 0 Å². The van der Waals surface area contributed by atoms with Gasteiger partial charge in [0, 0.05) is 24.1 Å². The van der Waals surface area contributed by atoms with Crippen molar-refractivity contribution in [2.24, 2.45) is 0 Å². The summed E-state index contributed by atoms with van der Waals surface area (Å²) in [6.07, 6.45) is 5.00. The number of aliphatic hydroxyl groups is 1. The van der Waals surface area contributed by atoms with Gasteiger partial charge < -0.3 is 9.84 Å². The zero-order valence-electron chi connectivity index (χ0n) is 11.9. The third-order valence-corrected chi connectivity index (χ3v) is 4.38. The van der Waals surface area contributed by atoms with Crippen molar-refractivity contribution in [3.8, 4) is 0 Å². The first-order valence-electron chi connectivity index (χ1n) is 7.33. The minimum Gasteiger partial charge on any atom is -0.392 e. The molecular weight excluding hydrogens is 250 g/mol. The molecular formula is C17H21NO2. The normalized spacial score (nSPS) is 23.1. The first-order chi connectivity index (χ1) is 9.80. The Labute approximate surface area is 119 Å². The summed E-state index contributed by atoms with van der Waals surface area (Å²) in [5.74, 6) is 0.559. The van der Waals surface area contributed by atoms with Crippen LogP contribution in [0.25, 0.3) is 10.9 Å². The molecule has 0 bridgehead atoms. The lowest BCUT2D eigenvalue weighted by Crippen LogP contribution is -2.19. The lowest BCUT2D eigenvalue weighted by Gasteiger charge is -2.27. The SMILES string of the molecule is CO[C@H]1CC[C@@H](c2ccc3cc(CO)ccc3n2)CC1. The maximum Gasteiger partial charge on any atom is 0.0705 e. The maximum atomic E-state index is 9.17. The van der Waals surface area contributed by atoms with Gasteiger partial charge in [0.15, 0.2) is 0 Å². The van der Waals surface area contributed by atoms with Crippen LogP contribution in [0.1, 0.15) is 42.9 Å². The number of fused-ring (bicyclic) bond motifs is 1. The molecule has 106 valence electrons. The molecule has 0 atom stereocenters. The third-order valence-electron chi connectivity index (χ3n) is 4.38. The molecule has 1 aliphatic carbocycles. The predicted molar refractivity (Wildman–Crippen MR) is 79.7 cm³/mol. The number of methoxy groups -OCH3 is 1. The number of rotatable bonds is 3. The average molecular weight is 271 g/mol. The second kappa shape index (κ2) is 5.90. The number of hydrogen-bond donors (Lipinski definition) is 1. The first kappa shape index (κ1) is 13.5. The summed E-state index contributed by atoms with van der Waals surface area (Å²) in [6, 6.07) is 10.2. The molecule has 0 amide bonds. The summed E-state index contributed by atoms with van der Waals surface area (Å²) < 4.78 is 5.43. The summed E-state index contributed by atoms with van der Waals surface area (Å²) in [7, 11) is 1.80. The quantitative estimate of drug-likeness (QED) is 0.930. The van der Waals surface area contributed by atoms with Gasteiger partial charge in [0.2, 0.25) is 0 Å². The molecule has 1 aromatic heterocycles. The van der Waals surface area contributed by atoms with Crippen molar-refractivity contribution in [3.63, 3.8) is 0 Å². The standard InChI is InChI=1S/C17H21NO2/c1-20-15-6-3-13(4-7-15)16-9-5-14-10-12(11-19)2-8-17(14)18-16/h2,5,8-10,13,15,19H,3-4,6-7,11H2,1H3/t13-,15+. The molecule has 0 saturated heterocycles. The Morgan fingerprint density at radius 1 is 1.15 bits per heavy atom. The van der Waals surface area contributed by atoms with Crippen LogP contribution in [-0.4, -0.2) is 23.3 Å². The molecule has 2 aromatic rings. The molecule has 1 saturated carbocycles. The molecule has 20 heavy (non-hydrogen) atoms. The van der Waals surface area contributed by atoms with Crippen LogP contribution in [0, 0.1) is 0 Å². The molecule has 1 aromatic carbocycles. The van der Waals surface area contributed by atoms with Crippen molar-refractivity contribution in [2.75, 3.05) is 7.11 Å². The van der Waals surface area contributed by atoms with E-state index >= 15 is 0 Å². The second-order valence-corrected chi connectivity index (χ2v) is 5.63.